The van der Waals surface area contributed by atoms with Gasteiger partial charge in [0.25, 0.3) is 5.91 Å². The zero-order chi connectivity index (χ0) is 18.1. The summed E-state index contributed by atoms with van der Waals surface area (Å²) in [6.07, 6.45) is 1.47. The lowest BCUT2D eigenvalue weighted by molar-refractivity contribution is -0.118. The third-order valence-electron chi connectivity index (χ3n) is 3.47. The Balaban J connectivity index is 0.00000338. The molecule has 0 aliphatic rings. The van der Waals surface area contributed by atoms with Crippen molar-refractivity contribution in [1.82, 2.24) is 0 Å². The number of rotatable bonds is 8. The van der Waals surface area contributed by atoms with Gasteiger partial charge in [0.1, 0.15) is 5.75 Å². The van der Waals surface area contributed by atoms with Gasteiger partial charge in [-0.3, -0.25) is 9.59 Å². The lowest BCUT2D eigenvalue weighted by Gasteiger charge is -2.12. The fraction of sp³-hybridized carbons (Fsp3) is 0.263. The van der Waals surface area contributed by atoms with Gasteiger partial charge < -0.3 is 21.1 Å². The number of hydrogen-bond donors (Lipinski definition) is 3. The van der Waals surface area contributed by atoms with Crippen LogP contribution in [0, 0.1) is 0 Å². The first-order valence-electron chi connectivity index (χ1n) is 8.22. The van der Waals surface area contributed by atoms with Gasteiger partial charge in [0, 0.05) is 17.4 Å². The molecule has 1 unspecified atom stereocenters. The molecule has 6 nitrogen and oxygen atoms in total. The fourth-order valence-electron chi connectivity index (χ4n) is 2.21. The molecule has 0 fully saturated rings. The van der Waals surface area contributed by atoms with Crippen LogP contribution in [0.25, 0.3) is 0 Å². The maximum atomic E-state index is 11.9. The van der Waals surface area contributed by atoms with E-state index in [4.69, 9.17) is 10.5 Å². The molecule has 0 bridgehead atoms. The number of halogens is 1. The second kappa shape index (κ2) is 11.1. The van der Waals surface area contributed by atoms with Gasteiger partial charge in [-0.2, -0.15) is 0 Å². The van der Waals surface area contributed by atoms with Crippen LogP contribution in [0.2, 0.25) is 0 Å². The van der Waals surface area contributed by atoms with Crippen molar-refractivity contribution in [2.24, 2.45) is 5.73 Å². The second-order valence-corrected chi connectivity index (χ2v) is 5.62. The molecule has 4 N–H and O–H groups in total. The second-order valence-electron chi connectivity index (χ2n) is 5.62. The molecule has 2 aromatic carbocycles. The molecule has 26 heavy (non-hydrogen) atoms. The van der Waals surface area contributed by atoms with E-state index in [0.29, 0.717) is 23.5 Å². The fourth-order valence-corrected chi connectivity index (χ4v) is 2.21. The van der Waals surface area contributed by atoms with Gasteiger partial charge in [-0.05, 0) is 30.7 Å². The Morgan fingerprint density at radius 3 is 2.42 bits per heavy atom. The highest BCUT2D eigenvalue weighted by atomic mass is 35.5. The Labute approximate surface area is 159 Å². The van der Waals surface area contributed by atoms with Gasteiger partial charge in [0.2, 0.25) is 5.91 Å². The number of hydrogen-bond acceptors (Lipinski definition) is 4. The SMILES string of the molecule is CCCC(N)C(=O)Nc1cccc(OCC(=O)Nc2ccccc2)c1.Cl. The quantitative estimate of drug-likeness (QED) is 0.658. The molecular weight excluding hydrogens is 354 g/mol. The topological polar surface area (TPSA) is 93.5 Å². The van der Waals surface area contributed by atoms with Crippen molar-refractivity contribution in [1.29, 1.82) is 0 Å². The van der Waals surface area contributed by atoms with Crippen molar-refractivity contribution < 1.29 is 14.3 Å². The van der Waals surface area contributed by atoms with E-state index in [1.807, 2.05) is 25.1 Å². The molecule has 2 rings (SSSR count). The molecule has 0 aliphatic carbocycles. The molecule has 7 heteroatoms. The van der Waals surface area contributed by atoms with Crippen LogP contribution in [0.5, 0.6) is 5.75 Å². The Kier molecular flexibility index (Phi) is 9.19. The molecule has 0 radical (unpaired) electrons. The minimum atomic E-state index is -0.536. The zero-order valence-electron chi connectivity index (χ0n) is 14.6. The molecule has 0 aliphatic heterocycles. The van der Waals surface area contributed by atoms with Crippen LogP contribution in [-0.4, -0.2) is 24.5 Å². The molecule has 1 atom stereocenters. The first-order chi connectivity index (χ1) is 12.1. The van der Waals surface area contributed by atoms with E-state index in [-0.39, 0.29) is 30.8 Å². The van der Waals surface area contributed by atoms with E-state index in [0.717, 1.165) is 6.42 Å². The molecule has 0 saturated carbocycles. The normalized spacial score (nSPS) is 11.0. The van der Waals surface area contributed by atoms with E-state index in [2.05, 4.69) is 10.6 Å². The number of amides is 2. The van der Waals surface area contributed by atoms with Crippen LogP contribution in [0.1, 0.15) is 19.8 Å². The van der Waals surface area contributed by atoms with Crippen LogP contribution in [-0.2, 0) is 9.59 Å². The summed E-state index contributed by atoms with van der Waals surface area (Å²) in [4.78, 5) is 23.8. The number of ether oxygens (including phenoxy) is 1. The van der Waals surface area contributed by atoms with Crippen molar-refractivity contribution >= 4 is 35.6 Å². The van der Waals surface area contributed by atoms with Crippen molar-refractivity contribution in [3.05, 3.63) is 54.6 Å². The standard InChI is InChI=1S/C19H23N3O3.ClH/c1-2-7-17(20)19(24)22-15-10-6-11-16(12-15)25-13-18(23)21-14-8-4-3-5-9-14;/h3-6,8-12,17H,2,7,13,20H2,1H3,(H,21,23)(H,22,24);1H. The molecular formula is C19H24ClN3O3. The maximum absolute atomic E-state index is 11.9. The van der Waals surface area contributed by atoms with Crippen molar-refractivity contribution in [2.75, 3.05) is 17.2 Å². The summed E-state index contributed by atoms with van der Waals surface area (Å²) in [5, 5.41) is 5.49. The number of para-hydroxylation sites is 1. The predicted octanol–water partition coefficient (Wildman–Crippen LogP) is 3.19. The number of carbonyl (C=O) groups excluding carboxylic acids is 2. The average Bonchev–Trinajstić information content (AvgIpc) is 2.61. The Bertz CT molecular complexity index is 710. The number of benzene rings is 2. The van der Waals surface area contributed by atoms with Gasteiger partial charge >= 0.3 is 0 Å². The van der Waals surface area contributed by atoms with Gasteiger partial charge in [-0.1, -0.05) is 37.6 Å². The highest BCUT2D eigenvalue weighted by molar-refractivity contribution is 5.95. The van der Waals surface area contributed by atoms with Gasteiger partial charge in [0.15, 0.2) is 6.61 Å². The highest BCUT2D eigenvalue weighted by Gasteiger charge is 2.12. The summed E-state index contributed by atoms with van der Waals surface area (Å²) in [7, 11) is 0. The van der Waals surface area contributed by atoms with Crippen LogP contribution < -0.4 is 21.1 Å². The first-order valence-corrected chi connectivity index (χ1v) is 8.22. The van der Waals surface area contributed by atoms with Gasteiger partial charge in [-0.25, -0.2) is 0 Å². The summed E-state index contributed by atoms with van der Waals surface area (Å²) < 4.78 is 5.48. The average molecular weight is 378 g/mol. The van der Waals surface area contributed by atoms with E-state index < -0.39 is 6.04 Å². The van der Waals surface area contributed by atoms with E-state index in [9.17, 15) is 9.59 Å². The van der Waals surface area contributed by atoms with E-state index >= 15 is 0 Å². The molecule has 0 heterocycles. The molecule has 2 aromatic rings. The van der Waals surface area contributed by atoms with Crippen LogP contribution in [0.4, 0.5) is 11.4 Å². The highest BCUT2D eigenvalue weighted by Crippen LogP contribution is 2.18. The van der Waals surface area contributed by atoms with Crippen LogP contribution in [0.3, 0.4) is 0 Å². The molecule has 0 saturated heterocycles. The number of nitrogens with one attached hydrogen (secondary N) is 2. The van der Waals surface area contributed by atoms with Gasteiger partial charge in [0.05, 0.1) is 6.04 Å². The monoisotopic (exact) mass is 377 g/mol. The third-order valence-corrected chi connectivity index (χ3v) is 3.47. The van der Waals surface area contributed by atoms with Gasteiger partial charge in [-0.15, -0.1) is 12.4 Å². The van der Waals surface area contributed by atoms with E-state index in [1.165, 1.54) is 0 Å². The Morgan fingerprint density at radius 1 is 1.04 bits per heavy atom. The lowest BCUT2D eigenvalue weighted by atomic mass is 10.1. The molecule has 2 amide bonds. The van der Waals surface area contributed by atoms with Crippen LogP contribution in [0.15, 0.2) is 54.6 Å². The number of anilines is 2. The molecule has 0 aromatic heterocycles. The lowest BCUT2D eigenvalue weighted by Crippen LogP contribution is -2.35. The summed E-state index contributed by atoms with van der Waals surface area (Å²) in [5.41, 5.74) is 7.08. The Hall–Kier alpha value is -2.57. The molecule has 0 spiro atoms. The van der Waals surface area contributed by atoms with Crippen molar-refractivity contribution in [3.8, 4) is 5.75 Å². The largest absolute Gasteiger partial charge is 0.484 e. The van der Waals surface area contributed by atoms with Crippen molar-refractivity contribution in [3.63, 3.8) is 0 Å². The zero-order valence-corrected chi connectivity index (χ0v) is 15.4. The number of nitrogens with two attached hydrogens (primary N) is 1. The van der Waals surface area contributed by atoms with E-state index in [1.54, 1.807) is 36.4 Å². The smallest absolute Gasteiger partial charge is 0.262 e. The Morgan fingerprint density at radius 2 is 1.73 bits per heavy atom. The summed E-state index contributed by atoms with van der Waals surface area (Å²) in [6.45, 7) is 1.85. The molecule has 140 valence electrons. The summed E-state index contributed by atoms with van der Waals surface area (Å²) in [6, 6.07) is 15.5. The third kappa shape index (κ3) is 7.13. The van der Waals surface area contributed by atoms with Crippen LogP contribution >= 0.6 is 12.4 Å². The first kappa shape index (κ1) is 21.5. The maximum Gasteiger partial charge on any atom is 0.262 e. The summed E-state index contributed by atoms with van der Waals surface area (Å²) in [5.74, 6) is -0.00324. The minimum absolute atomic E-state index is 0. The minimum Gasteiger partial charge on any atom is -0.484 e. The predicted molar refractivity (Wildman–Crippen MR) is 106 cm³/mol. The number of carbonyl (C=O) groups is 2. The summed E-state index contributed by atoms with van der Waals surface area (Å²) >= 11 is 0. The van der Waals surface area contributed by atoms with Crippen molar-refractivity contribution in [2.45, 2.75) is 25.8 Å².